The van der Waals surface area contributed by atoms with Gasteiger partial charge in [0.25, 0.3) is 0 Å². The SMILES string of the molecule is CC.Cc1cc(COCCOCCCOc2ccccc2)no1. The summed E-state index contributed by atoms with van der Waals surface area (Å²) in [5.74, 6) is 1.69. The summed E-state index contributed by atoms with van der Waals surface area (Å²) in [6.07, 6.45) is 0.859. The van der Waals surface area contributed by atoms with Gasteiger partial charge < -0.3 is 18.7 Å². The number of ether oxygens (including phenoxy) is 3. The third kappa shape index (κ3) is 9.01. The van der Waals surface area contributed by atoms with E-state index in [0.717, 1.165) is 23.6 Å². The number of rotatable bonds is 10. The number of nitrogens with zero attached hydrogens (tertiary/aromatic N) is 1. The molecule has 128 valence electrons. The van der Waals surface area contributed by atoms with Gasteiger partial charge in [0.05, 0.1) is 26.4 Å². The Morgan fingerprint density at radius 1 is 0.957 bits per heavy atom. The number of aryl methyl sites for hydroxylation is 1. The number of benzene rings is 1. The molecule has 0 N–H and O–H groups in total. The lowest BCUT2D eigenvalue weighted by atomic mass is 10.3. The molecule has 0 aliphatic rings. The topological polar surface area (TPSA) is 53.7 Å². The third-order valence-electron chi connectivity index (χ3n) is 2.74. The van der Waals surface area contributed by atoms with E-state index in [1.54, 1.807) is 0 Å². The molecule has 0 aliphatic carbocycles. The predicted octanol–water partition coefficient (Wildman–Crippen LogP) is 4.01. The molecule has 5 heteroatoms. The van der Waals surface area contributed by atoms with E-state index >= 15 is 0 Å². The zero-order valence-electron chi connectivity index (χ0n) is 14.3. The fourth-order valence-corrected chi connectivity index (χ4v) is 1.75. The molecule has 1 aromatic heterocycles. The van der Waals surface area contributed by atoms with Crippen molar-refractivity contribution in [3.8, 4) is 5.75 Å². The molecule has 0 aliphatic heterocycles. The maximum Gasteiger partial charge on any atom is 0.134 e. The first-order valence-corrected chi connectivity index (χ1v) is 8.10. The molecule has 0 fully saturated rings. The highest BCUT2D eigenvalue weighted by Crippen LogP contribution is 2.08. The van der Waals surface area contributed by atoms with Crippen molar-refractivity contribution in [1.82, 2.24) is 5.16 Å². The zero-order chi connectivity index (χ0) is 16.8. The molecule has 5 nitrogen and oxygen atoms in total. The van der Waals surface area contributed by atoms with Crippen LogP contribution in [0.15, 0.2) is 40.9 Å². The Hall–Kier alpha value is -1.85. The van der Waals surface area contributed by atoms with Crippen molar-refractivity contribution in [3.63, 3.8) is 0 Å². The molecule has 0 saturated heterocycles. The molecular formula is C18H27NO4. The fourth-order valence-electron chi connectivity index (χ4n) is 1.75. The van der Waals surface area contributed by atoms with Crippen LogP contribution in [0.1, 0.15) is 31.7 Å². The van der Waals surface area contributed by atoms with Crippen molar-refractivity contribution >= 4 is 0 Å². The van der Waals surface area contributed by atoms with Gasteiger partial charge in [-0.2, -0.15) is 0 Å². The summed E-state index contributed by atoms with van der Waals surface area (Å²) in [5.41, 5.74) is 0.809. The lowest BCUT2D eigenvalue weighted by Gasteiger charge is -2.07. The maximum atomic E-state index is 5.56. The molecule has 0 bridgehead atoms. The van der Waals surface area contributed by atoms with E-state index in [1.807, 2.05) is 57.2 Å². The molecule has 0 saturated carbocycles. The van der Waals surface area contributed by atoms with Crippen LogP contribution in [0.25, 0.3) is 0 Å². The first kappa shape index (κ1) is 19.2. The van der Waals surface area contributed by atoms with E-state index < -0.39 is 0 Å². The highest BCUT2D eigenvalue weighted by molar-refractivity contribution is 5.20. The number of aromatic nitrogens is 1. The molecule has 0 atom stereocenters. The summed E-state index contributed by atoms with van der Waals surface area (Å²) in [7, 11) is 0. The van der Waals surface area contributed by atoms with E-state index in [9.17, 15) is 0 Å². The minimum absolute atomic E-state index is 0.456. The van der Waals surface area contributed by atoms with Crippen LogP contribution in [0.4, 0.5) is 0 Å². The minimum Gasteiger partial charge on any atom is -0.494 e. The predicted molar refractivity (Wildman–Crippen MR) is 89.6 cm³/mol. The summed E-state index contributed by atoms with van der Waals surface area (Å²) >= 11 is 0. The van der Waals surface area contributed by atoms with Crippen LogP contribution in [0.2, 0.25) is 0 Å². The monoisotopic (exact) mass is 321 g/mol. The van der Waals surface area contributed by atoms with E-state index in [-0.39, 0.29) is 0 Å². The minimum atomic E-state index is 0.456. The lowest BCUT2D eigenvalue weighted by molar-refractivity contribution is 0.0351. The first-order valence-electron chi connectivity index (χ1n) is 8.10. The molecule has 0 spiro atoms. The number of hydrogen-bond acceptors (Lipinski definition) is 5. The second-order valence-corrected chi connectivity index (χ2v) is 4.61. The summed E-state index contributed by atoms with van der Waals surface area (Å²) < 4.78 is 21.4. The van der Waals surface area contributed by atoms with Crippen LogP contribution in [0, 0.1) is 6.92 Å². The highest BCUT2D eigenvalue weighted by atomic mass is 16.5. The van der Waals surface area contributed by atoms with Crippen molar-refractivity contribution in [2.24, 2.45) is 0 Å². The summed E-state index contributed by atoms with van der Waals surface area (Å²) in [4.78, 5) is 0. The summed E-state index contributed by atoms with van der Waals surface area (Å²) in [6, 6.07) is 11.6. The van der Waals surface area contributed by atoms with Crippen molar-refractivity contribution in [3.05, 3.63) is 47.9 Å². The quantitative estimate of drug-likeness (QED) is 0.619. The molecule has 23 heavy (non-hydrogen) atoms. The number of hydrogen-bond donors (Lipinski definition) is 0. The Balaban J connectivity index is 0.00000127. The van der Waals surface area contributed by atoms with Gasteiger partial charge in [-0.25, -0.2) is 0 Å². The smallest absolute Gasteiger partial charge is 0.134 e. The van der Waals surface area contributed by atoms with Crippen LogP contribution in [0.3, 0.4) is 0 Å². The fraction of sp³-hybridized carbons (Fsp3) is 0.500. The van der Waals surface area contributed by atoms with E-state index in [2.05, 4.69) is 5.16 Å². The van der Waals surface area contributed by atoms with Crippen molar-refractivity contribution < 1.29 is 18.7 Å². The maximum absolute atomic E-state index is 5.56. The van der Waals surface area contributed by atoms with Crippen molar-refractivity contribution in [2.45, 2.75) is 33.8 Å². The molecule has 1 aromatic carbocycles. The standard InChI is InChI=1S/C16H21NO4.C2H6/c1-14-12-15(17-21-14)13-19-11-10-18-8-5-9-20-16-6-3-2-4-7-16;1-2/h2-4,6-7,12H,5,8-11,13H2,1H3;1-2H3. The molecule has 2 rings (SSSR count). The Morgan fingerprint density at radius 2 is 1.70 bits per heavy atom. The van der Waals surface area contributed by atoms with Gasteiger partial charge in [-0.3, -0.25) is 0 Å². The van der Waals surface area contributed by atoms with Gasteiger partial charge in [-0.05, 0) is 19.1 Å². The van der Waals surface area contributed by atoms with E-state index in [0.29, 0.717) is 33.0 Å². The van der Waals surface area contributed by atoms with Gasteiger partial charge in [0.1, 0.15) is 17.2 Å². The summed E-state index contributed by atoms with van der Waals surface area (Å²) in [6.45, 7) is 8.75. The van der Waals surface area contributed by atoms with E-state index in [4.69, 9.17) is 18.7 Å². The molecule has 1 heterocycles. The van der Waals surface area contributed by atoms with Crippen LogP contribution in [0.5, 0.6) is 5.75 Å². The Labute approximate surface area is 138 Å². The van der Waals surface area contributed by atoms with Gasteiger partial charge >= 0.3 is 0 Å². The van der Waals surface area contributed by atoms with Crippen molar-refractivity contribution in [2.75, 3.05) is 26.4 Å². The molecular weight excluding hydrogens is 294 g/mol. The van der Waals surface area contributed by atoms with Gasteiger partial charge in [-0.1, -0.05) is 37.2 Å². The van der Waals surface area contributed by atoms with Gasteiger partial charge in [0.15, 0.2) is 0 Å². The lowest BCUT2D eigenvalue weighted by Crippen LogP contribution is -2.08. The average Bonchev–Trinajstić information content (AvgIpc) is 3.01. The number of para-hydroxylation sites is 1. The second kappa shape index (κ2) is 12.7. The van der Waals surface area contributed by atoms with Crippen LogP contribution in [-0.4, -0.2) is 31.6 Å². The van der Waals surface area contributed by atoms with E-state index in [1.165, 1.54) is 0 Å². The van der Waals surface area contributed by atoms with Gasteiger partial charge in [0.2, 0.25) is 0 Å². The molecule has 0 radical (unpaired) electrons. The van der Waals surface area contributed by atoms with Crippen molar-refractivity contribution in [1.29, 1.82) is 0 Å². The molecule has 0 amide bonds. The van der Waals surface area contributed by atoms with Gasteiger partial charge in [-0.15, -0.1) is 0 Å². The Bertz CT molecular complexity index is 499. The van der Waals surface area contributed by atoms with Gasteiger partial charge in [0, 0.05) is 19.1 Å². The van der Waals surface area contributed by atoms with Crippen LogP contribution < -0.4 is 4.74 Å². The molecule has 2 aromatic rings. The first-order chi connectivity index (χ1) is 11.3. The van der Waals surface area contributed by atoms with Crippen LogP contribution >= 0.6 is 0 Å². The van der Waals surface area contributed by atoms with Crippen LogP contribution in [-0.2, 0) is 16.1 Å². The Morgan fingerprint density at radius 3 is 2.39 bits per heavy atom. The molecule has 0 unspecified atom stereocenters. The highest BCUT2D eigenvalue weighted by Gasteiger charge is 1.99. The Kier molecular flexibility index (Phi) is 10.6. The average molecular weight is 321 g/mol. The second-order valence-electron chi connectivity index (χ2n) is 4.61. The zero-order valence-corrected chi connectivity index (χ0v) is 14.3. The third-order valence-corrected chi connectivity index (χ3v) is 2.74. The normalized spacial score (nSPS) is 10.0. The largest absolute Gasteiger partial charge is 0.494 e. The summed E-state index contributed by atoms with van der Waals surface area (Å²) in [5, 5.41) is 3.85.